The minimum atomic E-state index is -1.31. The maximum atomic E-state index is 2.34. The normalized spacial score (nSPS) is 16.3. The van der Waals surface area contributed by atoms with E-state index in [-0.39, 0.29) is 37.2 Å². The van der Waals surface area contributed by atoms with E-state index in [1.807, 2.05) is 0 Å². The largest absolute Gasteiger partial charge is 1.00 e. The molecule has 5 heteroatoms. The first-order valence-corrected chi connectivity index (χ1v) is 10.4. The first-order chi connectivity index (χ1) is 10.6. The molecule has 0 saturated carbocycles. The van der Waals surface area contributed by atoms with Crippen molar-refractivity contribution >= 4 is 19.2 Å². The van der Waals surface area contributed by atoms with Crippen molar-refractivity contribution in [3.8, 4) is 0 Å². The van der Waals surface area contributed by atoms with Gasteiger partial charge in [-0.15, -0.1) is 0 Å². The molecule has 0 bridgehead atoms. The van der Waals surface area contributed by atoms with Gasteiger partial charge in [-0.3, -0.25) is 0 Å². The van der Waals surface area contributed by atoms with Crippen molar-refractivity contribution in [2.45, 2.75) is 26.3 Å². The smallest absolute Gasteiger partial charge is 1.00 e. The Hall–Kier alpha value is -0.279. The Balaban J connectivity index is 0.00000192. The molecule has 0 aliphatic heterocycles. The maximum absolute atomic E-state index is 2.34. The molecule has 0 heterocycles. The number of hydrogen-bond acceptors (Lipinski definition) is 0. The summed E-state index contributed by atoms with van der Waals surface area (Å²) in [6, 6.07) is 22.3. The standard InChI is InChI=1S/C20H21Si.3ClH.Ti/c1-15-14-16(2)20(17(15)3)21(18-10-6-4-7-11-18)19-12-8-5-9-13-19;;;;/h4-13,20-21H,1-3H3;3*1H;/q;;;;+3/p-3. The van der Waals surface area contributed by atoms with Gasteiger partial charge in [0.1, 0.15) is 0 Å². The zero-order valence-electron chi connectivity index (χ0n) is 14.6. The van der Waals surface area contributed by atoms with Crippen molar-refractivity contribution in [1.29, 1.82) is 0 Å². The third-order valence-corrected chi connectivity index (χ3v) is 10.0. The van der Waals surface area contributed by atoms with Crippen LogP contribution in [0.1, 0.15) is 20.8 Å². The van der Waals surface area contributed by atoms with Crippen LogP contribution < -0.4 is 47.6 Å². The quantitative estimate of drug-likeness (QED) is 0.416. The van der Waals surface area contributed by atoms with E-state index < -0.39 is 8.80 Å². The zero-order chi connectivity index (χ0) is 15.7. The van der Waals surface area contributed by atoms with E-state index in [0.717, 1.165) is 0 Å². The summed E-state index contributed by atoms with van der Waals surface area (Å²) >= 11 is 2.29. The number of hydrogen-bond donors (Lipinski definition) is 0. The van der Waals surface area contributed by atoms with Crippen LogP contribution in [0, 0.1) is 0 Å². The molecule has 0 saturated heterocycles. The second-order valence-electron chi connectivity index (χ2n) is 6.14. The minimum absolute atomic E-state index is 0. The fraction of sp³-hybridized carbons (Fsp3) is 0.200. The van der Waals surface area contributed by atoms with Gasteiger partial charge in [-0.2, -0.15) is 0 Å². The van der Waals surface area contributed by atoms with Crippen LogP contribution in [0.15, 0.2) is 81.3 Å². The van der Waals surface area contributed by atoms with Crippen LogP contribution in [0.25, 0.3) is 0 Å². The molecule has 0 nitrogen and oxygen atoms in total. The van der Waals surface area contributed by atoms with E-state index in [0.29, 0.717) is 5.54 Å². The number of rotatable bonds is 3. The second-order valence-corrected chi connectivity index (χ2v) is 9.88. The molecule has 1 aliphatic carbocycles. The van der Waals surface area contributed by atoms with E-state index >= 15 is 0 Å². The van der Waals surface area contributed by atoms with E-state index in [2.05, 4.69) is 102 Å². The van der Waals surface area contributed by atoms with Gasteiger partial charge in [0.2, 0.25) is 0 Å². The Labute approximate surface area is 183 Å². The number of benzene rings is 2. The van der Waals surface area contributed by atoms with Gasteiger partial charge in [-0.05, 0) is 0 Å². The van der Waals surface area contributed by atoms with Gasteiger partial charge in [0.05, 0.1) is 0 Å². The summed E-state index contributed by atoms with van der Waals surface area (Å²) < 4.78 is 1.51. The van der Waals surface area contributed by atoms with Crippen molar-refractivity contribution in [3.05, 3.63) is 81.3 Å². The molecule has 0 spiro atoms. The summed E-state index contributed by atoms with van der Waals surface area (Å²) in [5.74, 6) is 0. The van der Waals surface area contributed by atoms with Crippen LogP contribution in [0.5, 0.6) is 0 Å². The molecule has 1 unspecified atom stereocenters. The number of allylic oxidation sites excluding steroid dienone is 4. The Bertz CT molecular complexity index is 679. The molecule has 2 aromatic carbocycles. The average Bonchev–Trinajstić information content (AvgIpc) is 2.75. The molecular formula is C20H21Cl3SiTi. The summed E-state index contributed by atoms with van der Waals surface area (Å²) in [6.07, 6.45) is 0. The monoisotopic (exact) mass is 442 g/mol. The van der Waals surface area contributed by atoms with E-state index in [4.69, 9.17) is 0 Å². The van der Waals surface area contributed by atoms with Gasteiger partial charge in [0.15, 0.2) is 0 Å². The predicted octanol–water partition coefficient (Wildman–Crippen LogP) is -5.42. The second kappa shape index (κ2) is 10.8. The Morgan fingerprint density at radius 2 is 1.08 bits per heavy atom. The number of halogens is 3. The zero-order valence-corrected chi connectivity index (χ0v) is 19.5. The van der Waals surface area contributed by atoms with Crippen molar-refractivity contribution < 1.29 is 57.7 Å². The van der Waals surface area contributed by atoms with Crippen LogP contribution >= 0.6 is 0 Å². The molecular weight excluding hydrogens is 423 g/mol. The average molecular weight is 444 g/mol. The van der Waals surface area contributed by atoms with Crippen LogP contribution in [0.2, 0.25) is 5.54 Å². The van der Waals surface area contributed by atoms with Crippen molar-refractivity contribution in [3.63, 3.8) is 0 Å². The van der Waals surface area contributed by atoms with Gasteiger partial charge >= 0.3 is 147 Å². The third kappa shape index (κ3) is 4.91. The molecule has 0 radical (unpaired) electrons. The molecule has 1 atom stereocenters. The molecule has 1 aliphatic rings. The van der Waals surface area contributed by atoms with Crippen LogP contribution in [-0.4, -0.2) is 8.80 Å². The van der Waals surface area contributed by atoms with Crippen molar-refractivity contribution in [2.75, 3.05) is 0 Å². The fourth-order valence-electron chi connectivity index (χ4n) is 3.60. The van der Waals surface area contributed by atoms with Crippen LogP contribution in [0.4, 0.5) is 0 Å². The molecule has 3 rings (SSSR count). The Kier molecular flexibility index (Phi) is 10.6. The summed E-state index contributed by atoms with van der Waals surface area (Å²) in [6.45, 7) is 6.97. The molecule has 0 N–H and O–H groups in total. The van der Waals surface area contributed by atoms with Crippen molar-refractivity contribution in [2.24, 2.45) is 0 Å². The summed E-state index contributed by atoms with van der Waals surface area (Å²) in [5.41, 5.74) is 5.29. The third-order valence-electron chi connectivity index (χ3n) is 4.94. The molecule has 130 valence electrons. The molecule has 0 aromatic heterocycles. The molecule has 0 fully saturated rings. The van der Waals surface area contributed by atoms with Gasteiger partial charge in [-0.25, -0.2) is 0 Å². The van der Waals surface area contributed by atoms with Gasteiger partial charge in [-0.1, -0.05) is 0 Å². The first-order valence-electron chi connectivity index (χ1n) is 7.81. The molecule has 0 amide bonds. The Morgan fingerprint density at radius 3 is 1.40 bits per heavy atom. The van der Waals surface area contributed by atoms with E-state index in [1.165, 1.54) is 9.45 Å². The molecule has 2 aromatic rings. The fourth-order valence-corrected chi connectivity index (χ4v) is 8.26. The Morgan fingerprint density at radius 1 is 0.680 bits per heavy atom. The van der Waals surface area contributed by atoms with E-state index in [9.17, 15) is 0 Å². The maximum Gasteiger partial charge on any atom is -1.00 e. The van der Waals surface area contributed by atoms with Crippen LogP contribution in [-0.2, 0) is 20.4 Å². The first kappa shape index (κ1) is 24.7. The summed E-state index contributed by atoms with van der Waals surface area (Å²) in [4.78, 5) is 0. The van der Waals surface area contributed by atoms with Crippen LogP contribution in [0.3, 0.4) is 0 Å². The van der Waals surface area contributed by atoms with Gasteiger partial charge in [0.25, 0.3) is 0 Å². The van der Waals surface area contributed by atoms with Gasteiger partial charge in [0, 0.05) is 0 Å². The van der Waals surface area contributed by atoms with Gasteiger partial charge < -0.3 is 37.2 Å². The SMILES string of the molecule is CC1=C(C)C([SiH](c2ccccc2)c2ccccc2)C(C)=[C]1[Ti+3].[Cl-].[Cl-].[Cl-]. The summed E-state index contributed by atoms with van der Waals surface area (Å²) in [5, 5.41) is 3.08. The van der Waals surface area contributed by atoms with E-state index in [1.54, 1.807) is 21.5 Å². The predicted molar refractivity (Wildman–Crippen MR) is 94.1 cm³/mol. The van der Waals surface area contributed by atoms with Crippen molar-refractivity contribution in [1.82, 2.24) is 0 Å². The molecule has 25 heavy (non-hydrogen) atoms. The summed E-state index contributed by atoms with van der Waals surface area (Å²) in [7, 11) is -1.31. The topological polar surface area (TPSA) is 0 Å². The minimum Gasteiger partial charge on any atom is -1.00 e.